The maximum Gasteiger partial charge on any atom is 0.170 e. The maximum atomic E-state index is 13.8. The molecule has 4 nitrogen and oxygen atoms in total. The lowest BCUT2D eigenvalue weighted by Crippen LogP contribution is -2.20. The molecular formula is C12H18FN3O. The monoisotopic (exact) mass is 239 g/mol. The molecule has 0 fully saturated rings. The third-order valence-electron chi connectivity index (χ3n) is 2.61. The van der Waals surface area contributed by atoms with Crippen LogP contribution >= 0.6 is 0 Å². The van der Waals surface area contributed by atoms with Gasteiger partial charge >= 0.3 is 0 Å². The number of benzene rings is 1. The molecule has 0 saturated carbocycles. The summed E-state index contributed by atoms with van der Waals surface area (Å²) in [5.41, 5.74) is 6.28. The molecule has 0 aliphatic carbocycles. The molecule has 0 bridgehead atoms. The van der Waals surface area contributed by atoms with Crippen LogP contribution in [0.1, 0.15) is 25.3 Å². The second-order valence-electron chi connectivity index (χ2n) is 3.93. The Labute approximate surface area is 101 Å². The van der Waals surface area contributed by atoms with Crippen LogP contribution in [-0.4, -0.2) is 24.6 Å². The predicted octanol–water partition coefficient (Wildman–Crippen LogP) is 2.16. The van der Waals surface area contributed by atoms with Gasteiger partial charge in [-0.05, 0) is 24.6 Å². The molecule has 0 heterocycles. The first-order valence-electron chi connectivity index (χ1n) is 5.58. The second kappa shape index (κ2) is 6.08. The largest absolute Gasteiger partial charge is 0.409 e. The molecule has 3 N–H and O–H groups in total. The van der Waals surface area contributed by atoms with Crippen molar-refractivity contribution in [3.8, 4) is 0 Å². The highest BCUT2D eigenvalue weighted by atomic mass is 19.1. The van der Waals surface area contributed by atoms with Crippen molar-refractivity contribution in [1.29, 1.82) is 0 Å². The molecule has 0 radical (unpaired) electrons. The minimum absolute atomic E-state index is 0.0911. The zero-order valence-electron chi connectivity index (χ0n) is 10.2. The van der Waals surface area contributed by atoms with E-state index >= 15 is 0 Å². The van der Waals surface area contributed by atoms with Crippen LogP contribution in [-0.2, 0) is 0 Å². The fourth-order valence-corrected chi connectivity index (χ4v) is 1.55. The molecule has 0 atom stereocenters. The zero-order valence-corrected chi connectivity index (χ0v) is 10.2. The van der Waals surface area contributed by atoms with Crippen LogP contribution < -0.4 is 10.6 Å². The van der Waals surface area contributed by atoms with Crippen molar-refractivity contribution in [2.24, 2.45) is 10.9 Å². The van der Waals surface area contributed by atoms with Crippen molar-refractivity contribution in [3.63, 3.8) is 0 Å². The summed E-state index contributed by atoms with van der Waals surface area (Å²) in [5, 5.41) is 11.3. The van der Waals surface area contributed by atoms with Gasteiger partial charge in [0.15, 0.2) is 5.84 Å². The summed E-state index contributed by atoms with van der Waals surface area (Å²) in [7, 11) is 1.84. The number of nitrogens with zero attached hydrogens (tertiary/aromatic N) is 2. The van der Waals surface area contributed by atoms with Gasteiger partial charge in [-0.2, -0.15) is 0 Å². The molecule has 0 amide bonds. The van der Waals surface area contributed by atoms with Gasteiger partial charge in [0.05, 0.1) is 5.69 Å². The molecule has 94 valence electrons. The van der Waals surface area contributed by atoms with Gasteiger partial charge in [0, 0.05) is 19.2 Å². The number of oxime groups is 1. The van der Waals surface area contributed by atoms with Gasteiger partial charge in [0.1, 0.15) is 5.82 Å². The zero-order chi connectivity index (χ0) is 12.8. The van der Waals surface area contributed by atoms with Crippen LogP contribution in [0, 0.1) is 5.82 Å². The highest BCUT2D eigenvalue weighted by molar-refractivity contribution is 5.97. The topological polar surface area (TPSA) is 61.8 Å². The van der Waals surface area contributed by atoms with Crippen LogP contribution in [0.3, 0.4) is 0 Å². The van der Waals surface area contributed by atoms with Crippen LogP contribution in [0.4, 0.5) is 10.1 Å². The second-order valence-corrected chi connectivity index (χ2v) is 3.93. The summed E-state index contributed by atoms with van der Waals surface area (Å²) < 4.78 is 13.8. The van der Waals surface area contributed by atoms with Crippen molar-refractivity contribution in [1.82, 2.24) is 0 Å². The lowest BCUT2D eigenvalue weighted by Gasteiger charge is -2.19. The van der Waals surface area contributed by atoms with Crippen molar-refractivity contribution in [2.75, 3.05) is 18.5 Å². The number of rotatable bonds is 5. The summed E-state index contributed by atoms with van der Waals surface area (Å²) in [6.45, 7) is 2.89. The summed E-state index contributed by atoms with van der Waals surface area (Å²) in [6, 6.07) is 4.54. The van der Waals surface area contributed by atoms with E-state index in [0.717, 1.165) is 19.4 Å². The first kappa shape index (κ1) is 13.3. The van der Waals surface area contributed by atoms with Crippen molar-refractivity contribution >= 4 is 11.5 Å². The summed E-state index contributed by atoms with van der Waals surface area (Å²) in [6.07, 6.45) is 2.08. The molecule has 0 aliphatic rings. The SMILES string of the molecule is CCCCN(C)c1ccc(/C(N)=N/O)cc1F. The van der Waals surface area contributed by atoms with E-state index in [1.165, 1.54) is 6.07 Å². The molecule has 0 unspecified atom stereocenters. The summed E-state index contributed by atoms with van der Waals surface area (Å²) in [4.78, 5) is 1.86. The number of anilines is 1. The van der Waals surface area contributed by atoms with E-state index in [9.17, 15) is 4.39 Å². The predicted molar refractivity (Wildman–Crippen MR) is 67.1 cm³/mol. The number of nitrogens with two attached hydrogens (primary N) is 1. The van der Waals surface area contributed by atoms with Crippen molar-refractivity contribution in [3.05, 3.63) is 29.6 Å². The quantitative estimate of drug-likeness (QED) is 0.358. The highest BCUT2D eigenvalue weighted by Crippen LogP contribution is 2.19. The molecule has 0 aromatic heterocycles. The number of amidine groups is 1. The van der Waals surface area contributed by atoms with Crippen LogP contribution in [0.2, 0.25) is 0 Å². The Bertz CT molecular complexity index is 407. The van der Waals surface area contributed by atoms with Gasteiger partial charge in [0.2, 0.25) is 0 Å². The van der Waals surface area contributed by atoms with Crippen molar-refractivity contribution in [2.45, 2.75) is 19.8 Å². The van der Waals surface area contributed by atoms with Crippen molar-refractivity contribution < 1.29 is 9.60 Å². The molecule has 1 aromatic carbocycles. The molecule has 0 spiro atoms. The normalized spacial score (nSPS) is 11.6. The van der Waals surface area contributed by atoms with Gasteiger partial charge in [0.25, 0.3) is 0 Å². The fraction of sp³-hybridized carbons (Fsp3) is 0.417. The smallest absolute Gasteiger partial charge is 0.170 e. The third-order valence-corrected chi connectivity index (χ3v) is 2.61. The van der Waals surface area contributed by atoms with E-state index in [4.69, 9.17) is 10.9 Å². The average Bonchev–Trinajstić information content (AvgIpc) is 2.34. The Hall–Kier alpha value is -1.78. The van der Waals surface area contributed by atoms with Gasteiger partial charge < -0.3 is 15.8 Å². The van der Waals surface area contributed by atoms with E-state index in [0.29, 0.717) is 11.3 Å². The Balaban J connectivity index is 2.89. The Morgan fingerprint density at radius 3 is 2.76 bits per heavy atom. The summed E-state index contributed by atoms with van der Waals surface area (Å²) >= 11 is 0. The Kier molecular flexibility index (Phi) is 4.75. The number of hydrogen-bond acceptors (Lipinski definition) is 3. The molecule has 0 saturated heterocycles. The average molecular weight is 239 g/mol. The van der Waals surface area contributed by atoms with Gasteiger partial charge in [-0.3, -0.25) is 0 Å². The lowest BCUT2D eigenvalue weighted by molar-refractivity contribution is 0.318. The van der Waals surface area contributed by atoms with Gasteiger partial charge in [-0.15, -0.1) is 0 Å². The third kappa shape index (κ3) is 3.34. The van der Waals surface area contributed by atoms with Gasteiger partial charge in [-0.25, -0.2) is 4.39 Å². The van der Waals surface area contributed by atoms with Crippen LogP contribution in [0.25, 0.3) is 0 Å². The van der Waals surface area contributed by atoms with E-state index < -0.39 is 0 Å². The minimum Gasteiger partial charge on any atom is -0.409 e. The summed E-state index contributed by atoms with van der Waals surface area (Å²) in [5.74, 6) is -0.459. The van der Waals surface area contributed by atoms with E-state index in [1.54, 1.807) is 12.1 Å². The number of halogens is 1. The first-order chi connectivity index (χ1) is 8.10. The number of hydrogen-bond donors (Lipinski definition) is 2. The minimum atomic E-state index is -0.368. The lowest BCUT2D eigenvalue weighted by atomic mass is 10.1. The Morgan fingerprint density at radius 2 is 2.24 bits per heavy atom. The highest BCUT2D eigenvalue weighted by Gasteiger charge is 2.09. The fourth-order valence-electron chi connectivity index (χ4n) is 1.55. The van der Waals surface area contributed by atoms with Crippen LogP contribution in [0.15, 0.2) is 23.4 Å². The van der Waals surface area contributed by atoms with E-state index in [2.05, 4.69) is 12.1 Å². The number of unbranched alkanes of at least 4 members (excludes halogenated alkanes) is 1. The molecular weight excluding hydrogens is 221 g/mol. The molecule has 17 heavy (non-hydrogen) atoms. The molecule has 1 rings (SSSR count). The van der Waals surface area contributed by atoms with E-state index in [1.807, 2.05) is 11.9 Å². The van der Waals surface area contributed by atoms with Gasteiger partial charge in [-0.1, -0.05) is 18.5 Å². The maximum absolute atomic E-state index is 13.8. The van der Waals surface area contributed by atoms with E-state index in [-0.39, 0.29) is 11.7 Å². The standard InChI is InChI=1S/C12H18FN3O/c1-3-4-7-16(2)11-6-5-9(8-10(11)13)12(14)15-17/h5-6,8,17H,3-4,7H2,1-2H3,(H2,14,15). The first-order valence-corrected chi connectivity index (χ1v) is 5.58. The molecule has 5 heteroatoms. The molecule has 1 aromatic rings. The molecule has 0 aliphatic heterocycles. The Morgan fingerprint density at radius 1 is 1.53 bits per heavy atom. The van der Waals surface area contributed by atoms with Crippen LogP contribution in [0.5, 0.6) is 0 Å².